The molecule has 20 heavy (non-hydrogen) atoms. The Bertz CT molecular complexity index is 707. The van der Waals surface area contributed by atoms with Crippen LogP contribution >= 0.6 is 15.9 Å². The Morgan fingerprint density at radius 3 is 2.70 bits per heavy atom. The first-order chi connectivity index (χ1) is 9.51. The van der Waals surface area contributed by atoms with E-state index in [4.69, 9.17) is 0 Å². The number of hydrogen-bond donors (Lipinski definition) is 1. The largest absolute Gasteiger partial charge is 0.321 e. The maximum Gasteiger partial charge on any atom is 0.255 e. The summed E-state index contributed by atoms with van der Waals surface area (Å²) in [5.41, 5.74) is 2.16. The van der Waals surface area contributed by atoms with Gasteiger partial charge in [0.1, 0.15) is 0 Å². The summed E-state index contributed by atoms with van der Waals surface area (Å²) in [6.07, 6.45) is 1.64. The highest BCUT2D eigenvalue weighted by atomic mass is 79.9. The van der Waals surface area contributed by atoms with Crippen LogP contribution in [0.4, 0.5) is 5.69 Å². The molecular formula is C15H15BrN2O2. The van der Waals surface area contributed by atoms with E-state index in [1.165, 1.54) is 6.07 Å². The fourth-order valence-electron chi connectivity index (χ4n) is 1.79. The lowest BCUT2D eigenvalue weighted by molar-refractivity contribution is 0.102. The van der Waals surface area contributed by atoms with Gasteiger partial charge in [-0.15, -0.1) is 0 Å². The van der Waals surface area contributed by atoms with Crippen molar-refractivity contribution in [1.82, 2.24) is 4.57 Å². The summed E-state index contributed by atoms with van der Waals surface area (Å²) >= 11 is 3.41. The maximum absolute atomic E-state index is 12.1. The second-order valence-corrected chi connectivity index (χ2v) is 5.31. The second kappa shape index (κ2) is 6.05. The number of amides is 1. The molecule has 0 aliphatic rings. The summed E-state index contributed by atoms with van der Waals surface area (Å²) < 4.78 is 2.43. The molecule has 0 saturated heterocycles. The van der Waals surface area contributed by atoms with E-state index in [1.54, 1.807) is 29.0 Å². The molecule has 0 aliphatic carbocycles. The Labute approximate surface area is 125 Å². The molecule has 0 atom stereocenters. The Morgan fingerprint density at radius 1 is 1.30 bits per heavy atom. The third kappa shape index (κ3) is 3.17. The average Bonchev–Trinajstić information content (AvgIpc) is 2.43. The van der Waals surface area contributed by atoms with Crippen LogP contribution in [0.25, 0.3) is 0 Å². The number of aryl methyl sites for hydroxylation is 2. The van der Waals surface area contributed by atoms with E-state index in [9.17, 15) is 9.59 Å². The fraction of sp³-hybridized carbons (Fsp3) is 0.200. The first-order valence-corrected chi connectivity index (χ1v) is 7.08. The van der Waals surface area contributed by atoms with Crippen molar-refractivity contribution >= 4 is 27.5 Å². The molecule has 1 heterocycles. The molecule has 0 saturated carbocycles. The molecule has 2 rings (SSSR count). The Hall–Kier alpha value is -1.88. The molecule has 0 aliphatic heterocycles. The predicted octanol–water partition coefficient (Wildman–Crippen LogP) is 3.19. The molecule has 2 aromatic rings. The summed E-state index contributed by atoms with van der Waals surface area (Å²) in [6, 6.07) is 8.48. The summed E-state index contributed by atoms with van der Waals surface area (Å²) in [5.74, 6) is -0.202. The van der Waals surface area contributed by atoms with Gasteiger partial charge in [0, 0.05) is 28.8 Å². The van der Waals surface area contributed by atoms with Crippen molar-refractivity contribution in [3.63, 3.8) is 0 Å². The standard InChI is InChI=1S/C15H15BrN2O2/c1-3-18-9-12(6-7-14(18)19)17-15(20)11-5-4-10(2)13(16)8-11/h4-9H,3H2,1-2H3,(H,17,20). The van der Waals surface area contributed by atoms with Crippen molar-refractivity contribution < 1.29 is 4.79 Å². The molecule has 1 N–H and O–H groups in total. The molecule has 0 radical (unpaired) electrons. The normalized spacial score (nSPS) is 10.3. The third-order valence-corrected chi connectivity index (χ3v) is 3.87. The first kappa shape index (κ1) is 14.5. The third-order valence-electron chi connectivity index (χ3n) is 3.02. The van der Waals surface area contributed by atoms with Gasteiger partial charge in [0.15, 0.2) is 0 Å². The molecule has 0 spiro atoms. The summed E-state index contributed by atoms with van der Waals surface area (Å²) in [6.45, 7) is 4.41. The van der Waals surface area contributed by atoms with E-state index in [0.717, 1.165) is 10.0 Å². The zero-order chi connectivity index (χ0) is 14.7. The van der Waals surface area contributed by atoms with Crippen molar-refractivity contribution in [3.8, 4) is 0 Å². The number of carbonyl (C=O) groups is 1. The molecular weight excluding hydrogens is 320 g/mol. The number of halogens is 1. The van der Waals surface area contributed by atoms with E-state index in [0.29, 0.717) is 17.8 Å². The van der Waals surface area contributed by atoms with Gasteiger partial charge in [-0.1, -0.05) is 22.0 Å². The molecule has 104 valence electrons. The number of benzene rings is 1. The summed E-state index contributed by atoms with van der Waals surface area (Å²) in [4.78, 5) is 23.6. The summed E-state index contributed by atoms with van der Waals surface area (Å²) in [5, 5.41) is 2.79. The zero-order valence-electron chi connectivity index (χ0n) is 11.3. The van der Waals surface area contributed by atoms with E-state index in [1.807, 2.05) is 19.9 Å². The number of anilines is 1. The van der Waals surface area contributed by atoms with Gasteiger partial charge in [0.2, 0.25) is 0 Å². The monoisotopic (exact) mass is 334 g/mol. The van der Waals surface area contributed by atoms with Gasteiger partial charge >= 0.3 is 0 Å². The lowest BCUT2D eigenvalue weighted by atomic mass is 10.1. The highest BCUT2D eigenvalue weighted by Gasteiger charge is 2.08. The minimum absolute atomic E-state index is 0.0800. The number of nitrogens with zero attached hydrogens (tertiary/aromatic N) is 1. The molecule has 1 aromatic heterocycles. The quantitative estimate of drug-likeness (QED) is 0.937. The Morgan fingerprint density at radius 2 is 2.05 bits per heavy atom. The van der Waals surface area contributed by atoms with Crippen molar-refractivity contribution in [2.45, 2.75) is 20.4 Å². The smallest absolute Gasteiger partial charge is 0.255 e. The van der Waals surface area contributed by atoms with Gasteiger partial charge in [-0.2, -0.15) is 0 Å². The second-order valence-electron chi connectivity index (χ2n) is 4.46. The first-order valence-electron chi connectivity index (χ1n) is 6.29. The predicted molar refractivity (Wildman–Crippen MR) is 83.2 cm³/mol. The van der Waals surface area contributed by atoms with Crippen LogP contribution in [0.1, 0.15) is 22.8 Å². The van der Waals surface area contributed by atoms with Crippen LogP contribution < -0.4 is 10.9 Å². The molecule has 0 fully saturated rings. The van der Waals surface area contributed by atoms with Gasteiger partial charge in [-0.05, 0) is 37.6 Å². The molecule has 0 unspecified atom stereocenters. The van der Waals surface area contributed by atoms with Gasteiger partial charge in [-0.25, -0.2) is 0 Å². The van der Waals surface area contributed by atoms with Crippen LogP contribution in [-0.2, 0) is 6.54 Å². The number of rotatable bonds is 3. The van der Waals surface area contributed by atoms with Crippen LogP contribution in [0.2, 0.25) is 0 Å². The van der Waals surface area contributed by atoms with Gasteiger partial charge in [-0.3, -0.25) is 9.59 Å². The molecule has 1 amide bonds. The van der Waals surface area contributed by atoms with Crippen LogP contribution in [-0.4, -0.2) is 10.5 Å². The minimum Gasteiger partial charge on any atom is -0.321 e. The fourth-order valence-corrected chi connectivity index (χ4v) is 2.17. The van der Waals surface area contributed by atoms with E-state index >= 15 is 0 Å². The van der Waals surface area contributed by atoms with Crippen molar-refractivity contribution in [3.05, 3.63) is 62.5 Å². The lowest BCUT2D eigenvalue weighted by Crippen LogP contribution is -2.19. The molecule has 5 heteroatoms. The van der Waals surface area contributed by atoms with E-state index in [-0.39, 0.29) is 11.5 Å². The van der Waals surface area contributed by atoms with Crippen molar-refractivity contribution in [1.29, 1.82) is 0 Å². The highest BCUT2D eigenvalue weighted by Crippen LogP contribution is 2.18. The van der Waals surface area contributed by atoms with E-state index in [2.05, 4.69) is 21.2 Å². The topological polar surface area (TPSA) is 51.1 Å². The number of hydrogen-bond acceptors (Lipinski definition) is 2. The Kier molecular flexibility index (Phi) is 4.39. The number of aromatic nitrogens is 1. The minimum atomic E-state index is -0.202. The van der Waals surface area contributed by atoms with Crippen LogP contribution in [0.5, 0.6) is 0 Å². The molecule has 4 nitrogen and oxygen atoms in total. The average molecular weight is 335 g/mol. The number of nitrogens with one attached hydrogen (secondary N) is 1. The van der Waals surface area contributed by atoms with Crippen molar-refractivity contribution in [2.75, 3.05) is 5.32 Å². The highest BCUT2D eigenvalue weighted by molar-refractivity contribution is 9.10. The van der Waals surface area contributed by atoms with Gasteiger partial charge in [0.25, 0.3) is 11.5 Å². The van der Waals surface area contributed by atoms with Crippen molar-refractivity contribution in [2.24, 2.45) is 0 Å². The molecule has 1 aromatic carbocycles. The summed E-state index contributed by atoms with van der Waals surface area (Å²) in [7, 11) is 0. The number of pyridine rings is 1. The van der Waals surface area contributed by atoms with Gasteiger partial charge in [0.05, 0.1) is 5.69 Å². The van der Waals surface area contributed by atoms with Crippen LogP contribution in [0.3, 0.4) is 0 Å². The molecule has 0 bridgehead atoms. The lowest BCUT2D eigenvalue weighted by Gasteiger charge is -2.08. The van der Waals surface area contributed by atoms with Crippen LogP contribution in [0.15, 0.2) is 45.8 Å². The van der Waals surface area contributed by atoms with Gasteiger partial charge < -0.3 is 9.88 Å². The van der Waals surface area contributed by atoms with E-state index < -0.39 is 0 Å². The zero-order valence-corrected chi connectivity index (χ0v) is 12.9. The Balaban J connectivity index is 2.23. The number of carbonyl (C=O) groups excluding carboxylic acids is 1. The maximum atomic E-state index is 12.1. The SMILES string of the molecule is CCn1cc(NC(=O)c2ccc(C)c(Br)c2)ccc1=O. The van der Waals surface area contributed by atoms with Crippen LogP contribution in [0, 0.1) is 6.92 Å².